The summed E-state index contributed by atoms with van der Waals surface area (Å²) < 4.78 is 9.70. The lowest BCUT2D eigenvalue weighted by Crippen LogP contribution is -2.31. The quantitative estimate of drug-likeness (QED) is 0.671. The number of methoxy groups -OCH3 is 1. The van der Waals surface area contributed by atoms with Crippen molar-refractivity contribution in [2.24, 2.45) is 0 Å². The van der Waals surface area contributed by atoms with Crippen LogP contribution in [0.25, 0.3) is 0 Å². The van der Waals surface area contributed by atoms with E-state index in [9.17, 15) is 14.4 Å². The Morgan fingerprint density at radius 1 is 1.33 bits per heavy atom. The van der Waals surface area contributed by atoms with Gasteiger partial charge in [0, 0.05) is 15.0 Å². The van der Waals surface area contributed by atoms with Crippen molar-refractivity contribution in [3.05, 3.63) is 0 Å². The SMILES string of the molecule is C.COC(C)C(=O)OC(CCCC(=O)O)C(C)=O.[2HH]. The summed E-state index contributed by atoms with van der Waals surface area (Å²) in [5.41, 5.74) is 0. The summed E-state index contributed by atoms with van der Waals surface area (Å²) in [7, 11) is 1.36. The van der Waals surface area contributed by atoms with E-state index in [1.807, 2.05) is 0 Å². The molecular formula is C12H24O6. The van der Waals surface area contributed by atoms with Gasteiger partial charge in [0.2, 0.25) is 0 Å². The van der Waals surface area contributed by atoms with Crippen molar-refractivity contribution < 1.29 is 30.4 Å². The van der Waals surface area contributed by atoms with Crippen LogP contribution in [-0.2, 0) is 23.9 Å². The minimum Gasteiger partial charge on any atom is -0.481 e. The Labute approximate surface area is 109 Å². The third-order valence-corrected chi connectivity index (χ3v) is 2.25. The first-order valence-electron chi connectivity index (χ1n) is 5.34. The van der Waals surface area contributed by atoms with Crippen LogP contribution in [0.3, 0.4) is 0 Å². The van der Waals surface area contributed by atoms with Crippen molar-refractivity contribution in [2.45, 2.75) is 52.7 Å². The van der Waals surface area contributed by atoms with E-state index in [0.717, 1.165) is 0 Å². The minimum absolute atomic E-state index is 0. The van der Waals surface area contributed by atoms with Gasteiger partial charge in [-0.25, -0.2) is 4.79 Å². The lowest BCUT2D eigenvalue weighted by molar-refractivity contribution is -0.163. The first-order chi connectivity index (χ1) is 7.88. The molecule has 2 unspecified atom stereocenters. The van der Waals surface area contributed by atoms with Crippen LogP contribution in [0.15, 0.2) is 0 Å². The van der Waals surface area contributed by atoms with Crippen LogP contribution in [0.2, 0.25) is 0 Å². The number of hydrogen-bond donors (Lipinski definition) is 1. The minimum atomic E-state index is -0.941. The van der Waals surface area contributed by atoms with Gasteiger partial charge in [0.1, 0.15) is 0 Å². The molecule has 0 aliphatic heterocycles. The zero-order valence-corrected chi connectivity index (χ0v) is 10.3. The number of ketones is 1. The van der Waals surface area contributed by atoms with Crippen LogP contribution in [0.5, 0.6) is 0 Å². The maximum atomic E-state index is 11.4. The van der Waals surface area contributed by atoms with Gasteiger partial charge in [0.25, 0.3) is 0 Å². The van der Waals surface area contributed by atoms with Crippen LogP contribution in [0.4, 0.5) is 0 Å². The van der Waals surface area contributed by atoms with Gasteiger partial charge in [-0.15, -0.1) is 0 Å². The van der Waals surface area contributed by atoms with Crippen LogP contribution in [0, 0.1) is 0 Å². The number of carboxylic acids is 1. The van der Waals surface area contributed by atoms with Crippen molar-refractivity contribution in [3.63, 3.8) is 0 Å². The lowest BCUT2D eigenvalue weighted by Gasteiger charge is -2.17. The molecule has 0 rings (SSSR count). The van der Waals surface area contributed by atoms with Gasteiger partial charge in [-0.05, 0) is 26.7 Å². The van der Waals surface area contributed by atoms with Crippen LogP contribution in [-0.4, -0.2) is 42.1 Å². The van der Waals surface area contributed by atoms with Crippen LogP contribution >= 0.6 is 0 Å². The Balaban J connectivity index is -0.00000128. The summed E-state index contributed by atoms with van der Waals surface area (Å²) >= 11 is 0. The molecule has 1 N–H and O–H groups in total. The Morgan fingerprint density at radius 3 is 2.28 bits per heavy atom. The highest BCUT2D eigenvalue weighted by atomic mass is 16.6. The van der Waals surface area contributed by atoms with Crippen LogP contribution in [0.1, 0.15) is 42.0 Å². The molecule has 0 aliphatic carbocycles. The maximum Gasteiger partial charge on any atom is 0.335 e. The molecule has 0 aromatic rings. The standard InChI is InChI=1S/C11H18O6.CH4.H2/c1-7(12)9(5-4-6-10(13)14)17-11(15)8(2)16-3;;/h8-9H,4-6H2,1-3H3,(H,13,14);1H4;1H/i;;1+1. The Bertz CT molecular complexity index is 292. The average molecular weight is 265 g/mol. The fraction of sp³-hybridized carbons (Fsp3) is 0.750. The van der Waals surface area contributed by atoms with E-state index in [-0.39, 0.29) is 33.9 Å². The number of esters is 1. The van der Waals surface area contributed by atoms with Crippen molar-refractivity contribution in [1.29, 1.82) is 0 Å². The predicted octanol–water partition coefficient (Wildman–Crippen LogP) is 1.66. The van der Waals surface area contributed by atoms with E-state index in [2.05, 4.69) is 0 Å². The summed E-state index contributed by atoms with van der Waals surface area (Å²) in [5, 5.41) is 8.46. The molecule has 108 valence electrons. The summed E-state index contributed by atoms with van der Waals surface area (Å²) in [4.78, 5) is 32.9. The van der Waals surface area contributed by atoms with Crippen molar-refractivity contribution in [2.75, 3.05) is 7.11 Å². The van der Waals surface area contributed by atoms with E-state index in [4.69, 9.17) is 14.6 Å². The van der Waals surface area contributed by atoms with E-state index >= 15 is 0 Å². The van der Waals surface area contributed by atoms with Crippen molar-refractivity contribution >= 4 is 17.7 Å². The molecule has 0 radical (unpaired) electrons. The summed E-state index contributed by atoms with van der Waals surface area (Å²) in [6.45, 7) is 2.81. The first-order valence-corrected chi connectivity index (χ1v) is 5.34. The number of carbonyl (C=O) groups is 3. The van der Waals surface area contributed by atoms with Gasteiger partial charge in [-0.1, -0.05) is 7.43 Å². The number of Topliss-reactive ketones (excluding diaryl/α,β-unsaturated/α-hetero) is 1. The number of aliphatic carboxylic acids is 1. The summed E-state index contributed by atoms with van der Waals surface area (Å²) in [6, 6.07) is 0. The molecule has 0 spiro atoms. The fourth-order valence-electron chi connectivity index (χ4n) is 1.12. The van der Waals surface area contributed by atoms with Gasteiger partial charge in [0.05, 0.1) is 0 Å². The summed E-state index contributed by atoms with van der Waals surface area (Å²) in [6.07, 6.45) is -1.19. The molecule has 0 aromatic heterocycles. The zero-order chi connectivity index (χ0) is 13.4. The molecule has 0 saturated heterocycles. The highest BCUT2D eigenvalue weighted by Gasteiger charge is 2.22. The van der Waals surface area contributed by atoms with Gasteiger partial charge in [-0.2, -0.15) is 0 Å². The predicted molar refractivity (Wildman–Crippen MR) is 67.4 cm³/mol. The third kappa shape index (κ3) is 7.78. The highest BCUT2D eigenvalue weighted by Crippen LogP contribution is 2.08. The second-order valence-electron chi connectivity index (χ2n) is 3.70. The molecule has 6 nitrogen and oxygen atoms in total. The molecule has 0 aromatic carbocycles. The molecule has 0 bridgehead atoms. The Kier molecular flexibility index (Phi) is 10.1. The van der Waals surface area contributed by atoms with Gasteiger partial charge in [0.15, 0.2) is 18.0 Å². The normalized spacial score (nSPS) is 13.1. The van der Waals surface area contributed by atoms with Gasteiger partial charge >= 0.3 is 11.9 Å². The lowest BCUT2D eigenvalue weighted by atomic mass is 10.1. The number of ether oxygens (including phenoxy) is 2. The van der Waals surface area contributed by atoms with E-state index in [1.54, 1.807) is 0 Å². The molecule has 6 heteroatoms. The molecular weight excluding hydrogens is 240 g/mol. The smallest absolute Gasteiger partial charge is 0.335 e. The second kappa shape index (κ2) is 9.58. The van der Waals surface area contributed by atoms with Crippen molar-refractivity contribution in [1.82, 2.24) is 0 Å². The summed E-state index contributed by atoms with van der Waals surface area (Å²) in [5.74, 6) is -1.86. The van der Waals surface area contributed by atoms with E-state index < -0.39 is 24.1 Å². The monoisotopic (exact) mass is 265 g/mol. The second-order valence-corrected chi connectivity index (χ2v) is 3.70. The molecule has 2 atom stereocenters. The average Bonchev–Trinajstić information content (AvgIpc) is 2.25. The fourth-order valence-corrected chi connectivity index (χ4v) is 1.12. The number of carbonyl (C=O) groups excluding carboxylic acids is 2. The number of carboxylic acid groups (broad SMARTS) is 1. The molecule has 0 heterocycles. The molecule has 0 aliphatic rings. The van der Waals surface area contributed by atoms with Crippen LogP contribution < -0.4 is 0 Å². The molecule has 0 fully saturated rings. The number of hydrogen-bond acceptors (Lipinski definition) is 5. The Morgan fingerprint density at radius 2 is 1.89 bits per heavy atom. The van der Waals surface area contributed by atoms with Crippen molar-refractivity contribution in [3.8, 4) is 0 Å². The topological polar surface area (TPSA) is 89.9 Å². The van der Waals surface area contributed by atoms with Gasteiger partial charge < -0.3 is 14.6 Å². The Hall–Kier alpha value is -1.43. The van der Waals surface area contributed by atoms with E-state index in [1.165, 1.54) is 21.0 Å². The molecule has 0 saturated carbocycles. The highest BCUT2D eigenvalue weighted by molar-refractivity contribution is 5.84. The third-order valence-electron chi connectivity index (χ3n) is 2.25. The number of rotatable bonds is 8. The van der Waals surface area contributed by atoms with Gasteiger partial charge in [-0.3, -0.25) is 9.59 Å². The first kappa shape index (κ1) is 18.9. The molecule has 0 amide bonds. The zero-order valence-electron chi connectivity index (χ0n) is 10.3. The maximum absolute atomic E-state index is 11.4. The van der Waals surface area contributed by atoms with E-state index in [0.29, 0.717) is 0 Å². The molecule has 18 heavy (non-hydrogen) atoms. The largest absolute Gasteiger partial charge is 0.481 e.